The van der Waals surface area contributed by atoms with E-state index in [1.165, 1.54) is 0 Å². The number of unbranched alkanes of at least 4 members (excludes halogenated alkanes) is 2. The van der Waals surface area contributed by atoms with Crippen LogP contribution in [0.25, 0.3) is 0 Å². The topological polar surface area (TPSA) is 82.1 Å². The number of rotatable bonds is 10. The van der Waals surface area contributed by atoms with E-state index in [9.17, 15) is 14.7 Å². The van der Waals surface area contributed by atoms with E-state index in [4.69, 9.17) is 21.1 Å². The molecule has 158 valence electrons. The number of benzene rings is 2. The molecule has 6 nitrogen and oxygen atoms in total. The summed E-state index contributed by atoms with van der Waals surface area (Å²) in [4.78, 5) is 22.8. The van der Waals surface area contributed by atoms with Crippen molar-refractivity contribution in [2.45, 2.75) is 32.3 Å². The monoisotopic (exact) mass is 430 g/mol. The number of Topliss-reactive ketones (excluding diaryl/α,β-unsaturated/α-hetero) is 1. The van der Waals surface area contributed by atoms with Gasteiger partial charge in [-0.25, -0.2) is 4.79 Å². The normalized spacial score (nSPS) is 15.1. The third-order valence-corrected chi connectivity index (χ3v) is 4.83. The Morgan fingerprint density at radius 1 is 0.933 bits per heavy atom. The van der Waals surface area contributed by atoms with E-state index < -0.39 is 11.8 Å². The number of carbonyl (C=O) groups excluding carboxylic acids is 2. The number of esters is 1. The third-order valence-electron chi connectivity index (χ3n) is 4.58. The van der Waals surface area contributed by atoms with Gasteiger partial charge in [0.2, 0.25) is 5.78 Å². The van der Waals surface area contributed by atoms with E-state index in [0.29, 0.717) is 24.7 Å². The molecule has 30 heavy (non-hydrogen) atoms. The van der Waals surface area contributed by atoms with Crippen molar-refractivity contribution in [3.63, 3.8) is 0 Å². The molecular formula is C23H23ClO6. The number of hydrogen-bond acceptors (Lipinski definition) is 6. The first-order valence-corrected chi connectivity index (χ1v) is 10.1. The number of hydrogen-bond donors (Lipinski definition) is 1. The Morgan fingerprint density at radius 3 is 2.23 bits per heavy atom. The first-order valence-electron chi connectivity index (χ1n) is 9.75. The predicted molar refractivity (Wildman–Crippen MR) is 112 cm³/mol. The van der Waals surface area contributed by atoms with Crippen molar-refractivity contribution < 1.29 is 28.9 Å². The van der Waals surface area contributed by atoms with E-state index in [1.54, 1.807) is 0 Å². The maximum absolute atomic E-state index is 11.5. The Hall–Kier alpha value is -2.99. The lowest BCUT2D eigenvalue weighted by Gasteiger charge is -2.09. The Kier molecular flexibility index (Phi) is 7.74. The molecule has 0 aromatic heterocycles. The molecule has 1 aliphatic heterocycles. The fourth-order valence-electron chi connectivity index (χ4n) is 2.93. The van der Waals surface area contributed by atoms with Crippen LogP contribution in [0.1, 0.15) is 31.2 Å². The number of allylic oxidation sites excluding steroid dienone is 1. The van der Waals surface area contributed by atoms with E-state index in [2.05, 4.69) is 4.74 Å². The van der Waals surface area contributed by atoms with Gasteiger partial charge in [0.1, 0.15) is 29.4 Å². The van der Waals surface area contributed by atoms with Crippen molar-refractivity contribution in [2.24, 2.45) is 0 Å². The van der Waals surface area contributed by atoms with Gasteiger partial charge < -0.3 is 19.3 Å². The van der Waals surface area contributed by atoms with Crippen LogP contribution in [0, 0.1) is 0 Å². The number of halogens is 1. The highest BCUT2D eigenvalue weighted by molar-refractivity contribution is 6.30. The molecule has 1 saturated heterocycles. The predicted octanol–water partition coefficient (Wildman–Crippen LogP) is 4.80. The van der Waals surface area contributed by atoms with Crippen molar-refractivity contribution in [2.75, 3.05) is 13.2 Å². The molecule has 2 aromatic carbocycles. The molecule has 7 heteroatoms. The van der Waals surface area contributed by atoms with Crippen LogP contribution < -0.4 is 9.47 Å². The Morgan fingerprint density at radius 2 is 1.60 bits per heavy atom. The molecule has 0 atom stereocenters. The van der Waals surface area contributed by atoms with Crippen molar-refractivity contribution in [1.82, 2.24) is 0 Å². The molecule has 0 saturated carbocycles. The van der Waals surface area contributed by atoms with Crippen molar-refractivity contribution in [1.29, 1.82) is 0 Å². The van der Waals surface area contributed by atoms with Crippen molar-refractivity contribution in [3.8, 4) is 11.5 Å². The quantitative estimate of drug-likeness (QED) is 0.192. The second kappa shape index (κ2) is 10.7. The molecule has 1 fully saturated rings. The summed E-state index contributed by atoms with van der Waals surface area (Å²) >= 11 is 5.87. The van der Waals surface area contributed by atoms with Gasteiger partial charge in [-0.15, -0.1) is 0 Å². The molecular weight excluding hydrogens is 408 g/mol. The number of cyclic esters (lactones) is 1. The van der Waals surface area contributed by atoms with Gasteiger partial charge in [-0.05, 0) is 61.2 Å². The zero-order valence-electron chi connectivity index (χ0n) is 16.4. The van der Waals surface area contributed by atoms with Crippen LogP contribution in [0.2, 0.25) is 5.02 Å². The highest BCUT2D eigenvalue weighted by atomic mass is 35.5. The van der Waals surface area contributed by atoms with Crippen LogP contribution in [0.15, 0.2) is 59.9 Å². The molecule has 0 bridgehead atoms. The molecule has 0 radical (unpaired) electrons. The zero-order valence-corrected chi connectivity index (χ0v) is 17.2. The number of aliphatic hydroxyl groups is 1. The maximum Gasteiger partial charge on any atom is 0.345 e. The van der Waals surface area contributed by atoms with Crippen LogP contribution in [-0.2, 0) is 20.9 Å². The summed E-state index contributed by atoms with van der Waals surface area (Å²) in [5, 5.41) is 10.6. The van der Waals surface area contributed by atoms with Crippen LogP contribution in [0.5, 0.6) is 11.5 Å². The van der Waals surface area contributed by atoms with Crippen LogP contribution in [-0.4, -0.2) is 30.1 Å². The van der Waals surface area contributed by atoms with E-state index in [-0.39, 0.29) is 24.4 Å². The Balaban J connectivity index is 1.32. The summed E-state index contributed by atoms with van der Waals surface area (Å²) in [5.74, 6) is 0.124. The summed E-state index contributed by atoms with van der Waals surface area (Å²) in [6.07, 6.45) is 2.51. The van der Waals surface area contributed by atoms with Crippen molar-refractivity contribution in [3.05, 3.63) is 70.4 Å². The minimum atomic E-state index is -0.735. The van der Waals surface area contributed by atoms with Gasteiger partial charge in [0.15, 0.2) is 6.61 Å². The molecule has 0 unspecified atom stereocenters. The minimum absolute atomic E-state index is 0.183. The van der Waals surface area contributed by atoms with Gasteiger partial charge in [0.25, 0.3) is 0 Å². The minimum Gasteiger partial charge on any atom is -0.511 e. The van der Waals surface area contributed by atoms with Gasteiger partial charge in [0.05, 0.1) is 6.61 Å². The second-order valence-corrected chi connectivity index (χ2v) is 7.30. The standard InChI is InChI=1S/C23H23ClO6/c24-17-7-5-16(6-8-17)14-29-19-11-9-18(10-12-19)28-13-3-1-2-4-20(25)22-21(26)15-30-23(22)27/h5-12,25H,1-4,13-15H2. The first-order chi connectivity index (χ1) is 14.5. The van der Waals surface area contributed by atoms with Crippen molar-refractivity contribution >= 4 is 23.4 Å². The lowest BCUT2D eigenvalue weighted by molar-refractivity contribution is -0.135. The van der Waals surface area contributed by atoms with Gasteiger partial charge in [-0.3, -0.25) is 4.79 Å². The molecule has 2 aromatic rings. The average molecular weight is 431 g/mol. The fourth-order valence-corrected chi connectivity index (χ4v) is 3.06. The fraction of sp³-hybridized carbons (Fsp3) is 0.304. The van der Waals surface area contributed by atoms with E-state index >= 15 is 0 Å². The van der Waals surface area contributed by atoms with Crippen LogP contribution in [0.4, 0.5) is 0 Å². The summed E-state index contributed by atoms with van der Waals surface area (Å²) in [7, 11) is 0. The lowest BCUT2D eigenvalue weighted by atomic mass is 10.1. The molecule has 1 N–H and O–H groups in total. The van der Waals surface area contributed by atoms with Crippen LogP contribution >= 0.6 is 11.6 Å². The number of aliphatic hydroxyl groups excluding tert-OH is 1. The average Bonchev–Trinajstić information content (AvgIpc) is 3.09. The van der Waals surface area contributed by atoms with Crippen LogP contribution in [0.3, 0.4) is 0 Å². The SMILES string of the molecule is O=C1COC(=O)C1=C(O)CCCCCOc1ccc(OCc2ccc(Cl)cc2)cc1. The summed E-state index contributed by atoms with van der Waals surface area (Å²) < 4.78 is 16.0. The maximum atomic E-state index is 11.5. The van der Waals surface area contributed by atoms with Gasteiger partial charge in [-0.1, -0.05) is 23.7 Å². The molecule has 0 amide bonds. The molecule has 0 aliphatic carbocycles. The zero-order chi connectivity index (χ0) is 21.3. The Labute approximate surface area is 180 Å². The van der Waals surface area contributed by atoms with Gasteiger partial charge >= 0.3 is 5.97 Å². The van der Waals surface area contributed by atoms with Gasteiger partial charge in [-0.2, -0.15) is 0 Å². The third kappa shape index (κ3) is 6.26. The van der Waals surface area contributed by atoms with Gasteiger partial charge in [0, 0.05) is 11.4 Å². The second-order valence-electron chi connectivity index (χ2n) is 6.87. The molecule has 1 heterocycles. The van der Waals surface area contributed by atoms with E-state index in [1.807, 2.05) is 48.5 Å². The Bertz CT molecular complexity index is 884. The summed E-state index contributed by atoms with van der Waals surface area (Å²) in [5.41, 5.74) is 0.834. The number of carbonyl (C=O) groups is 2. The van der Waals surface area contributed by atoms with E-state index in [0.717, 1.165) is 29.9 Å². The number of ether oxygens (including phenoxy) is 3. The molecule has 0 spiro atoms. The molecule has 3 rings (SSSR count). The highest BCUT2D eigenvalue weighted by Crippen LogP contribution is 2.20. The molecule has 1 aliphatic rings. The highest BCUT2D eigenvalue weighted by Gasteiger charge is 2.31. The summed E-state index contributed by atoms with van der Waals surface area (Å²) in [6, 6.07) is 14.9. The number of ketones is 1. The lowest BCUT2D eigenvalue weighted by Crippen LogP contribution is -2.06. The summed E-state index contributed by atoms with van der Waals surface area (Å²) in [6.45, 7) is 0.712. The first kappa shape index (κ1) is 21.7. The smallest absolute Gasteiger partial charge is 0.345 e. The largest absolute Gasteiger partial charge is 0.511 e.